The second kappa shape index (κ2) is 10.2. The lowest BCUT2D eigenvalue weighted by Crippen LogP contribution is -2.40. The topological polar surface area (TPSA) is 38.5 Å². The lowest BCUT2D eigenvalue weighted by Gasteiger charge is -2.29. The van der Waals surface area contributed by atoms with E-state index in [1.165, 1.54) is 12.1 Å². The second-order valence-electron chi connectivity index (χ2n) is 4.84. The van der Waals surface area contributed by atoms with Crippen LogP contribution in [-0.4, -0.2) is 37.2 Å². The van der Waals surface area contributed by atoms with Gasteiger partial charge in [-0.3, -0.25) is 0 Å². The van der Waals surface area contributed by atoms with E-state index in [9.17, 15) is 4.39 Å². The molecule has 1 saturated heterocycles. The molecule has 1 aliphatic heterocycles. The number of nitrogens with two attached hydrogens (primary N) is 1. The summed E-state index contributed by atoms with van der Waals surface area (Å²) in [5, 5.41) is 0. The Labute approximate surface area is 132 Å². The molecule has 1 aliphatic rings. The van der Waals surface area contributed by atoms with Crippen molar-refractivity contribution in [2.45, 2.75) is 25.3 Å². The van der Waals surface area contributed by atoms with Crippen molar-refractivity contribution >= 4 is 24.8 Å². The Kier molecular flexibility index (Phi) is 9.94. The van der Waals surface area contributed by atoms with E-state index in [0.717, 1.165) is 44.6 Å². The number of benzene rings is 1. The quantitative estimate of drug-likeness (QED) is 0.846. The zero-order valence-electron chi connectivity index (χ0n) is 11.5. The van der Waals surface area contributed by atoms with E-state index in [-0.39, 0.29) is 30.6 Å². The fraction of sp³-hybridized carbons (Fsp3) is 0.571. The van der Waals surface area contributed by atoms with Crippen LogP contribution in [0.1, 0.15) is 19.3 Å². The van der Waals surface area contributed by atoms with Gasteiger partial charge in [0, 0.05) is 12.6 Å². The zero-order chi connectivity index (χ0) is 12.8. The molecule has 1 fully saturated rings. The minimum atomic E-state index is -0.230. The first-order chi connectivity index (χ1) is 8.74. The van der Waals surface area contributed by atoms with E-state index in [4.69, 9.17) is 10.5 Å². The van der Waals surface area contributed by atoms with Crippen molar-refractivity contribution in [3.63, 3.8) is 0 Å². The highest BCUT2D eigenvalue weighted by atomic mass is 35.5. The van der Waals surface area contributed by atoms with Crippen LogP contribution in [0.15, 0.2) is 24.3 Å². The average Bonchev–Trinajstić information content (AvgIpc) is 2.39. The van der Waals surface area contributed by atoms with Gasteiger partial charge >= 0.3 is 0 Å². The van der Waals surface area contributed by atoms with E-state index in [2.05, 4.69) is 4.90 Å². The fourth-order valence-corrected chi connectivity index (χ4v) is 2.19. The van der Waals surface area contributed by atoms with Gasteiger partial charge < -0.3 is 15.4 Å². The molecule has 0 aromatic heterocycles. The monoisotopic (exact) mass is 324 g/mol. The number of ether oxygens (including phenoxy) is 1. The molecule has 0 spiro atoms. The molecule has 1 aromatic carbocycles. The van der Waals surface area contributed by atoms with Crippen LogP contribution in [0.4, 0.5) is 4.39 Å². The van der Waals surface area contributed by atoms with E-state index in [1.807, 2.05) is 0 Å². The van der Waals surface area contributed by atoms with Crippen LogP contribution < -0.4 is 10.5 Å². The van der Waals surface area contributed by atoms with Crippen LogP contribution >= 0.6 is 24.8 Å². The number of halogens is 3. The summed E-state index contributed by atoms with van der Waals surface area (Å²) in [7, 11) is 0. The number of piperidine rings is 1. The molecule has 116 valence electrons. The Morgan fingerprint density at radius 1 is 1.15 bits per heavy atom. The summed E-state index contributed by atoms with van der Waals surface area (Å²) in [6.07, 6.45) is 3.18. The lowest BCUT2D eigenvalue weighted by atomic mass is 10.1. The van der Waals surface area contributed by atoms with Crippen LogP contribution in [0.3, 0.4) is 0 Å². The summed E-state index contributed by atoms with van der Waals surface area (Å²) in [6, 6.07) is 6.55. The van der Waals surface area contributed by atoms with Crippen molar-refractivity contribution in [3.8, 4) is 5.75 Å². The van der Waals surface area contributed by atoms with Gasteiger partial charge in [-0.1, -0.05) is 0 Å². The van der Waals surface area contributed by atoms with E-state index in [0.29, 0.717) is 12.6 Å². The first kappa shape index (κ1) is 19.4. The predicted molar refractivity (Wildman–Crippen MR) is 84.7 cm³/mol. The van der Waals surface area contributed by atoms with Gasteiger partial charge in [0.25, 0.3) is 0 Å². The highest BCUT2D eigenvalue weighted by Gasteiger charge is 2.14. The minimum absolute atomic E-state index is 0. The van der Waals surface area contributed by atoms with E-state index in [1.54, 1.807) is 12.1 Å². The maximum Gasteiger partial charge on any atom is 0.123 e. The molecule has 0 radical (unpaired) electrons. The van der Waals surface area contributed by atoms with Gasteiger partial charge in [0.2, 0.25) is 0 Å². The third-order valence-corrected chi connectivity index (χ3v) is 3.33. The first-order valence-corrected chi connectivity index (χ1v) is 6.60. The normalized spacial score (nSPS) is 16.1. The van der Waals surface area contributed by atoms with E-state index >= 15 is 0 Å². The highest BCUT2D eigenvalue weighted by molar-refractivity contribution is 5.85. The highest BCUT2D eigenvalue weighted by Crippen LogP contribution is 2.12. The standard InChI is InChI=1S/C14H21FN2O.2ClH/c15-12-2-4-14(5-3-12)18-11-1-8-17-9-6-13(16)7-10-17;;/h2-5,13H,1,6-11,16H2;2*1H. The molecule has 0 aliphatic carbocycles. The SMILES string of the molecule is Cl.Cl.NC1CCN(CCCOc2ccc(F)cc2)CC1. The number of rotatable bonds is 5. The smallest absolute Gasteiger partial charge is 0.123 e. The first-order valence-electron chi connectivity index (χ1n) is 6.60. The summed E-state index contributed by atoms with van der Waals surface area (Å²) >= 11 is 0. The predicted octanol–water partition coefficient (Wildman–Crippen LogP) is 2.86. The number of nitrogens with zero attached hydrogens (tertiary/aromatic N) is 1. The third-order valence-electron chi connectivity index (χ3n) is 3.33. The molecule has 2 N–H and O–H groups in total. The largest absolute Gasteiger partial charge is 0.494 e. The molecule has 0 unspecified atom stereocenters. The molecule has 20 heavy (non-hydrogen) atoms. The van der Waals surface area contributed by atoms with Crippen molar-refractivity contribution < 1.29 is 9.13 Å². The Bertz CT molecular complexity index is 357. The Hall–Kier alpha value is -0.550. The van der Waals surface area contributed by atoms with Crippen LogP contribution in [0.25, 0.3) is 0 Å². The van der Waals surface area contributed by atoms with Crippen LogP contribution in [0.2, 0.25) is 0 Å². The second-order valence-corrected chi connectivity index (χ2v) is 4.84. The van der Waals surface area contributed by atoms with E-state index < -0.39 is 0 Å². The summed E-state index contributed by atoms with van der Waals surface area (Å²) in [5.74, 6) is 0.504. The number of hydrogen-bond donors (Lipinski definition) is 1. The molecule has 3 nitrogen and oxygen atoms in total. The van der Waals surface area contributed by atoms with Gasteiger partial charge in [0.1, 0.15) is 11.6 Å². The van der Waals surface area contributed by atoms with Crippen molar-refractivity contribution in [1.82, 2.24) is 4.90 Å². The van der Waals surface area contributed by atoms with Crippen molar-refractivity contribution in [1.29, 1.82) is 0 Å². The molecule has 1 aromatic rings. The van der Waals surface area contributed by atoms with Gasteiger partial charge in [0.15, 0.2) is 0 Å². The molecular formula is C14H23Cl2FN2O. The summed E-state index contributed by atoms with van der Waals surface area (Å²) < 4.78 is 18.2. The van der Waals surface area contributed by atoms with Crippen molar-refractivity contribution in [3.05, 3.63) is 30.1 Å². The van der Waals surface area contributed by atoms with Gasteiger partial charge in [-0.2, -0.15) is 0 Å². The Morgan fingerprint density at radius 2 is 1.75 bits per heavy atom. The minimum Gasteiger partial charge on any atom is -0.494 e. The molecular weight excluding hydrogens is 302 g/mol. The maximum atomic E-state index is 12.7. The molecule has 0 atom stereocenters. The van der Waals surface area contributed by atoms with Crippen molar-refractivity contribution in [2.75, 3.05) is 26.2 Å². The zero-order valence-corrected chi connectivity index (χ0v) is 13.1. The van der Waals surface area contributed by atoms with Gasteiger partial charge in [0.05, 0.1) is 6.61 Å². The van der Waals surface area contributed by atoms with Crippen molar-refractivity contribution in [2.24, 2.45) is 5.73 Å². The molecule has 6 heteroatoms. The number of hydrogen-bond acceptors (Lipinski definition) is 3. The average molecular weight is 325 g/mol. The lowest BCUT2D eigenvalue weighted by molar-refractivity contribution is 0.194. The Morgan fingerprint density at radius 3 is 2.35 bits per heavy atom. The van der Waals surface area contributed by atoms with Gasteiger partial charge in [-0.25, -0.2) is 4.39 Å². The van der Waals surface area contributed by atoms with Gasteiger partial charge in [-0.05, 0) is 56.6 Å². The Balaban J connectivity index is 0.00000180. The summed E-state index contributed by atoms with van der Waals surface area (Å²) in [6.45, 7) is 3.91. The molecule has 0 saturated carbocycles. The molecule has 1 heterocycles. The maximum absolute atomic E-state index is 12.7. The summed E-state index contributed by atoms with van der Waals surface area (Å²) in [4.78, 5) is 2.43. The van der Waals surface area contributed by atoms with Gasteiger partial charge in [-0.15, -0.1) is 24.8 Å². The number of likely N-dealkylation sites (tertiary alicyclic amines) is 1. The molecule has 2 rings (SSSR count). The van der Waals surface area contributed by atoms with Crippen LogP contribution in [-0.2, 0) is 0 Å². The molecule has 0 bridgehead atoms. The van der Waals surface area contributed by atoms with Crippen LogP contribution in [0.5, 0.6) is 5.75 Å². The molecule has 0 amide bonds. The van der Waals surface area contributed by atoms with Crippen LogP contribution in [0, 0.1) is 5.82 Å². The summed E-state index contributed by atoms with van der Waals surface area (Å²) in [5.41, 5.74) is 5.86. The fourth-order valence-electron chi connectivity index (χ4n) is 2.19. The third kappa shape index (κ3) is 6.75.